The largest absolute Gasteiger partial charge is 0.383 e. The fourth-order valence-corrected chi connectivity index (χ4v) is 3.17. The number of nitrogen functional groups attached to an aromatic ring is 1. The van der Waals surface area contributed by atoms with Crippen LogP contribution in [-0.2, 0) is 5.41 Å². The van der Waals surface area contributed by atoms with E-state index in [0.717, 1.165) is 12.8 Å². The number of rotatable bonds is 1. The van der Waals surface area contributed by atoms with Crippen molar-refractivity contribution in [3.05, 3.63) is 46.6 Å². The third kappa shape index (κ3) is 1.93. The van der Waals surface area contributed by atoms with Crippen molar-refractivity contribution in [3.63, 3.8) is 0 Å². The quantitative estimate of drug-likeness (QED) is 0.861. The molecule has 19 heavy (non-hydrogen) atoms. The van der Waals surface area contributed by atoms with Gasteiger partial charge in [-0.25, -0.2) is 4.68 Å². The Kier molecular flexibility index (Phi) is 2.82. The molecule has 0 fully saturated rings. The number of anilines is 1. The van der Waals surface area contributed by atoms with Gasteiger partial charge < -0.3 is 5.73 Å². The number of halogens is 1. The molecule has 0 radical (unpaired) electrons. The fraction of sp³-hybridized carbons (Fsp3) is 0.400. The Balaban J connectivity index is 2.13. The van der Waals surface area contributed by atoms with Crippen molar-refractivity contribution < 1.29 is 0 Å². The highest BCUT2D eigenvalue weighted by Crippen LogP contribution is 2.43. The molecular formula is C15H18ClN3. The van der Waals surface area contributed by atoms with Gasteiger partial charge in [0.25, 0.3) is 0 Å². The predicted molar refractivity (Wildman–Crippen MR) is 78.5 cm³/mol. The highest BCUT2D eigenvalue weighted by molar-refractivity contribution is 6.32. The van der Waals surface area contributed by atoms with Gasteiger partial charge in [-0.05, 0) is 29.4 Å². The molecule has 0 saturated carbocycles. The molecule has 1 aromatic carbocycles. The number of nitrogens with zero attached hydrogens (tertiary/aromatic N) is 2. The minimum absolute atomic E-state index is 0.191. The molecule has 100 valence electrons. The molecule has 1 atom stereocenters. The summed E-state index contributed by atoms with van der Waals surface area (Å²) in [5.74, 6) is 0.557. The number of aromatic nitrogens is 2. The Morgan fingerprint density at radius 2 is 2.11 bits per heavy atom. The summed E-state index contributed by atoms with van der Waals surface area (Å²) < 4.78 is 1.86. The van der Waals surface area contributed by atoms with Crippen molar-refractivity contribution in [1.82, 2.24) is 9.78 Å². The molecule has 2 aromatic rings. The second-order valence-corrected chi connectivity index (χ2v) is 6.26. The predicted octanol–water partition coefficient (Wildman–Crippen LogP) is 3.78. The summed E-state index contributed by atoms with van der Waals surface area (Å²) in [6.07, 6.45) is 3.77. The van der Waals surface area contributed by atoms with E-state index in [2.05, 4.69) is 43.2 Å². The van der Waals surface area contributed by atoms with E-state index in [4.69, 9.17) is 17.3 Å². The minimum atomic E-state index is 0.191. The van der Waals surface area contributed by atoms with Gasteiger partial charge in [0.15, 0.2) is 0 Å². The topological polar surface area (TPSA) is 43.8 Å². The molecule has 1 aliphatic carbocycles. The van der Waals surface area contributed by atoms with Crippen LogP contribution >= 0.6 is 11.6 Å². The molecule has 3 nitrogen and oxygen atoms in total. The van der Waals surface area contributed by atoms with Crippen LogP contribution in [0.2, 0.25) is 5.02 Å². The summed E-state index contributed by atoms with van der Waals surface area (Å²) in [6, 6.07) is 8.76. The van der Waals surface area contributed by atoms with Crippen molar-refractivity contribution in [2.45, 2.75) is 38.1 Å². The van der Waals surface area contributed by atoms with Crippen LogP contribution in [0.4, 0.5) is 5.82 Å². The van der Waals surface area contributed by atoms with Gasteiger partial charge in [-0.3, -0.25) is 0 Å². The van der Waals surface area contributed by atoms with Crippen LogP contribution in [0.25, 0.3) is 0 Å². The van der Waals surface area contributed by atoms with Crippen LogP contribution in [0.1, 0.15) is 43.9 Å². The molecule has 0 saturated heterocycles. The van der Waals surface area contributed by atoms with Gasteiger partial charge in [-0.2, -0.15) is 5.10 Å². The van der Waals surface area contributed by atoms with E-state index >= 15 is 0 Å². The van der Waals surface area contributed by atoms with Gasteiger partial charge in [-0.15, -0.1) is 0 Å². The molecule has 1 heterocycles. The number of nitrogens with two attached hydrogens (primary N) is 1. The summed E-state index contributed by atoms with van der Waals surface area (Å²) in [7, 11) is 0. The first kappa shape index (κ1) is 12.5. The Morgan fingerprint density at radius 1 is 1.37 bits per heavy atom. The summed E-state index contributed by atoms with van der Waals surface area (Å²) in [5.41, 5.74) is 8.93. The summed E-state index contributed by atoms with van der Waals surface area (Å²) in [4.78, 5) is 0. The lowest BCUT2D eigenvalue weighted by molar-refractivity contribution is 0.356. The van der Waals surface area contributed by atoms with Gasteiger partial charge >= 0.3 is 0 Å². The van der Waals surface area contributed by atoms with Crippen LogP contribution in [0.3, 0.4) is 0 Å². The van der Waals surface area contributed by atoms with Gasteiger partial charge in [-0.1, -0.05) is 49.7 Å². The average molecular weight is 276 g/mol. The molecule has 0 spiro atoms. The van der Waals surface area contributed by atoms with E-state index < -0.39 is 0 Å². The molecule has 0 amide bonds. The molecule has 1 aromatic heterocycles. The minimum Gasteiger partial charge on any atom is -0.383 e. The zero-order valence-electron chi connectivity index (χ0n) is 11.2. The summed E-state index contributed by atoms with van der Waals surface area (Å²) >= 11 is 6.02. The molecule has 1 aliphatic rings. The third-order valence-electron chi connectivity index (χ3n) is 4.17. The third-order valence-corrected chi connectivity index (χ3v) is 4.47. The van der Waals surface area contributed by atoms with Crippen LogP contribution in [0.5, 0.6) is 0 Å². The van der Waals surface area contributed by atoms with Gasteiger partial charge in [0.1, 0.15) is 10.8 Å². The van der Waals surface area contributed by atoms with E-state index in [9.17, 15) is 0 Å². The average Bonchev–Trinajstić information content (AvgIpc) is 2.71. The summed E-state index contributed by atoms with van der Waals surface area (Å²) in [5, 5.41) is 4.88. The molecule has 0 aliphatic heterocycles. The monoisotopic (exact) mass is 275 g/mol. The van der Waals surface area contributed by atoms with Crippen LogP contribution in [0.15, 0.2) is 30.5 Å². The first-order valence-corrected chi connectivity index (χ1v) is 6.96. The molecule has 2 N–H and O–H groups in total. The maximum absolute atomic E-state index is 6.03. The Bertz CT molecular complexity index is 616. The van der Waals surface area contributed by atoms with Gasteiger partial charge in [0, 0.05) is 0 Å². The Hall–Kier alpha value is -1.48. The Labute approximate surface area is 118 Å². The number of hydrogen-bond donors (Lipinski definition) is 1. The van der Waals surface area contributed by atoms with Crippen molar-refractivity contribution in [3.8, 4) is 0 Å². The molecule has 3 rings (SSSR count). The maximum atomic E-state index is 6.03. The molecule has 4 heteroatoms. The first-order chi connectivity index (χ1) is 9.00. The zero-order valence-corrected chi connectivity index (χ0v) is 12.0. The second-order valence-electron chi connectivity index (χ2n) is 5.85. The lowest BCUT2D eigenvalue weighted by Crippen LogP contribution is -2.29. The standard InChI is InChI=1S/C15H18ClN3/c1-15(2)8-7-13(10-5-3-4-6-11(10)15)19-14(17)12(16)9-18-19/h3-6,9,13H,7-8,17H2,1-2H3. The van der Waals surface area contributed by atoms with E-state index in [1.54, 1.807) is 6.20 Å². The van der Waals surface area contributed by atoms with Gasteiger partial charge in [0.2, 0.25) is 0 Å². The number of fused-ring (bicyclic) bond motifs is 1. The number of hydrogen-bond acceptors (Lipinski definition) is 2. The summed E-state index contributed by atoms with van der Waals surface area (Å²) in [6.45, 7) is 4.59. The van der Waals surface area contributed by atoms with Crippen molar-refractivity contribution >= 4 is 17.4 Å². The highest BCUT2D eigenvalue weighted by atomic mass is 35.5. The van der Waals surface area contributed by atoms with Crippen molar-refractivity contribution in [1.29, 1.82) is 0 Å². The van der Waals surface area contributed by atoms with Crippen molar-refractivity contribution in [2.75, 3.05) is 5.73 Å². The van der Waals surface area contributed by atoms with E-state index in [0.29, 0.717) is 10.8 Å². The normalized spacial score (nSPS) is 21.1. The lowest BCUT2D eigenvalue weighted by Gasteiger charge is -2.37. The Morgan fingerprint density at radius 3 is 2.79 bits per heavy atom. The smallest absolute Gasteiger partial charge is 0.141 e. The lowest BCUT2D eigenvalue weighted by atomic mass is 9.71. The van der Waals surface area contributed by atoms with E-state index in [1.807, 2.05) is 4.68 Å². The highest BCUT2D eigenvalue weighted by Gasteiger charge is 2.34. The van der Waals surface area contributed by atoms with E-state index in [-0.39, 0.29) is 11.5 Å². The molecular weight excluding hydrogens is 258 g/mol. The van der Waals surface area contributed by atoms with Crippen LogP contribution in [-0.4, -0.2) is 9.78 Å². The zero-order chi connectivity index (χ0) is 13.6. The fourth-order valence-electron chi connectivity index (χ4n) is 3.04. The molecule has 1 unspecified atom stereocenters. The molecule has 0 bridgehead atoms. The SMILES string of the molecule is CC1(C)CCC(n2ncc(Cl)c2N)c2ccccc21. The van der Waals surface area contributed by atoms with Crippen LogP contribution < -0.4 is 5.73 Å². The first-order valence-electron chi connectivity index (χ1n) is 6.58. The second kappa shape index (κ2) is 4.27. The van der Waals surface area contributed by atoms with Gasteiger partial charge in [0.05, 0.1) is 12.2 Å². The maximum Gasteiger partial charge on any atom is 0.141 e. The van der Waals surface area contributed by atoms with Crippen molar-refractivity contribution in [2.24, 2.45) is 0 Å². The van der Waals surface area contributed by atoms with E-state index in [1.165, 1.54) is 11.1 Å². The van der Waals surface area contributed by atoms with Crippen LogP contribution in [0, 0.1) is 0 Å². The number of benzene rings is 1.